The molecule has 0 amide bonds. The van der Waals surface area contributed by atoms with Crippen LogP contribution in [0, 0.1) is 0 Å². The van der Waals surface area contributed by atoms with E-state index in [1.54, 1.807) is 12.3 Å². The zero-order valence-corrected chi connectivity index (χ0v) is 10.4. The minimum atomic E-state index is -0.922. The van der Waals surface area contributed by atoms with E-state index in [1.807, 2.05) is 12.1 Å². The molecule has 0 unspecified atom stereocenters. The van der Waals surface area contributed by atoms with Crippen LogP contribution >= 0.6 is 0 Å². The van der Waals surface area contributed by atoms with Gasteiger partial charge in [-0.15, -0.1) is 0 Å². The van der Waals surface area contributed by atoms with Gasteiger partial charge in [0, 0.05) is 18.4 Å². The van der Waals surface area contributed by atoms with Crippen LogP contribution in [0.15, 0.2) is 42.6 Å². The highest BCUT2D eigenvalue weighted by atomic mass is 16.4. The third-order valence-corrected chi connectivity index (χ3v) is 3.38. The number of pyridine rings is 1. The van der Waals surface area contributed by atoms with E-state index in [1.165, 1.54) is 11.6 Å². The maximum atomic E-state index is 11.0. The lowest BCUT2D eigenvalue weighted by Crippen LogP contribution is -2.25. The van der Waals surface area contributed by atoms with Crippen molar-refractivity contribution in [2.45, 2.75) is 12.8 Å². The summed E-state index contributed by atoms with van der Waals surface area (Å²) in [6.45, 7) is 0.868. The Morgan fingerprint density at radius 2 is 2.11 bits per heavy atom. The van der Waals surface area contributed by atoms with Crippen molar-refractivity contribution in [2.75, 3.05) is 11.4 Å². The summed E-state index contributed by atoms with van der Waals surface area (Å²) in [6, 6.07) is 11.3. The highest BCUT2D eigenvalue weighted by Crippen LogP contribution is 2.32. The standard InChI is InChI=1S/C15H14N2O2/c18-15(19)12-7-8-16-14(10-12)17-9-3-5-11-4-1-2-6-13(11)17/h1-2,4,6-8,10H,3,5,9H2,(H,18,19). The van der Waals surface area contributed by atoms with Crippen molar-refractivity contribution >= 4 is 17.5 Å². The Hall–Kier alpha value is -2.36. The van der Waals surface area contributed by atoms with E-state index in [0.717, 1.165) is 25.1 Å². The summed E-state index contributed by atoms with van der Waals surface area (Å²) in [5.41, 5.74) is 2.69. The van der Waals surface area contributed by atoms with Gasteiger partial charge in [-0.3, -0.25) is 0 Å². The van der Waals surface area contributed by atoms with Gasteiger partial charge in [0.25, 0.3) is 0 Å². The van der Waals surface area contributed by atoms with Gasteiger partial charge in [0.15, 0.2) is 0 Å². The summed E-state index contributed by atoms with van der Waals surface area (Å²) in [6.07, 6.45) is 3.66. The Labute approximate surface area is 111 Å². The first-order chi connectivity index (χ1) is 9.25. The average molecular weight is 254 g/mol. The van der Waals surface area contributed by atoms with E-state index in [0.29, 0.717) is 5.82 Å². The number of aryl methyl sites for hydroxylation is 1. The highest BCUT2D eigenvalue weighted by Gasteiger charge is 2.19. The Morgan fingerprint density at radius 1 is 1.26 bits per heavy atom. The van der Waals surface area contributed by atoms with Crippen molar-refractivity contribution in [3.63, 3.8) is 0 Å². The van der Waals surface area contributed by atoms with Crippen LogP contribution in [-0.2, 0) is 6.42 Å². The fourth-order valence-electron chi connectivity index (χ4n) is 2.47. The van der Waals surface area contributed by atoms with E-state index in [9.17, 15) is 4.79 Å². The smallest absolute Gasteiger partial charge is 0.335 e. The van der Waals surface area contributed by atoms with Crippen LogP contribution in [0.25, 0.3) is 0 Å². The Kier molecular flexibility index (Phi) is 2.91. The van der Waals surface area contributed by atoms with Crippen LogP contribution in [0.2, 0.25) is 0 Å². The molecule has 2 aromatic rings. The van der Waals surface area contributed by atoms with Crippen molar-refractivity contribution < 1.29 is 9.90 Å². The predicted octanol–water partition coefficient (Wildman–Crippen LogP) is 2.86. The van der Waals surface area contributed by atoms with E-state index >= 15 is 0 Å². The van der Waals surface area contributed by atoms with Gasteiger partial charge in [0.1, 0.15) is 5.82 Å². The number of carboxylic acid groups (broad SMARTS) is 1. The van der Waals surface area contributed by atoms with Gasteiger partial charge in [-0.2, -0.15) is 0 Å². The second kappa shape index (κ2) is 4.72. The molecule has 0 aliphatic carbocycles. The maximum absolute atomic E-state index is 11.0. The number of hydrogen-bond acceptors (Lipinski definition) is 3. The molecule has 0 saturated heterocycles. The SMILES string of the molecule is O=C(O)c1ccnc(N2CCCc3ccccc32)c1. The monoisotopic (exact) mass is 254 g/mol. The molecule has 1 aliphatic heterocycles. The summed E-state index contributed by atoms with van der Waals surface area (Å²) < 4.78 is 0. The van der Waals surface area contributed by atoms with Crippen molar-refractivity contribution in [3.05, 3.63) is 53.7 Å². The van der Waals surface area contributed by atoms with E-state index in [4.69, 9.17) is 5.11 Å². The molecule has 1 aromatic heterocycles. The highest BCUT2D eigenvalue weighted by molar-refractivity contribution is 5.88. The number of carbonyl (C=O) groups is 1. The molecule has 1 aromatic carbocycles. The Balaban J connectivity index is 2.04. The molecule has 1 aliphatic rings. The number of hydrogen-bond donors (Lipinski definition) is 1. The summed E-state index contributed by atoms with van der Waals surface area (Å²) >= 11 is 0. The van der Waals surface area contributed by atoms with E-state index < -0.39 is 5.97 Å². The Bertz CT molecular complexity index is 625. The van der Waals surface area contributed by atoms with Crippen molar-refractivity contribution in [2.24, 2.45) is 0 Å². The molecule has 0 atom stereocenters. The summed E-state index contributed by atoms with van der Waals surface area (Å²) in [5, 5.41) is 9.06. The number of carboxylic acids is 1. The van der Waals surface area contributed by atoms with Crippen LogP contribution in [0.5, 0.6) is 0 Å². The van der Waals surface area contributed by atoms with Gasteiger partial charge >= 0.3 is 5.97 Å². The number of aromatic nitrogens is 1. The first-order valence-electron chi connectivity index (χ1n) is 6.30. The number of rotatable bonds is 2. The zero-order valence-electron chi connectivity index (χ0n) is 10.4. The van der Waals surface area contributed by atoms with Gasteiger partial charge in [-0.05, 0) is 36.6 Å². The molecule has 0 fully saturated rings. The van der Waals surface area contributed by atoms with Crippen LogP contribution in [0.3, 0.4) is 0 Å². The summed E-state index contributed by atoms with van der Waals surface area (Å²) in [7, 11) is 0. The number of para-hydroxylation sites is 1. The molecule has 96 valence electrons. The third kappa shape index (κ3) is 2.17. The number of anilines is 2. The van der Waals surface area contributed by atoms with Crippen molar-refractivity contribution in [3.8, 4) is 0 Å². The van der Waals surface area contributed by atoms with Crippen molar-refractivity contribution in [1.29, 1.82) is 0 Å². The van der Waals surface area contributed by atoms with Gasteiger partial charge in [0.2, 0.25) is 0 Å². The van der Waals surface area contributed by atoms with Crippen LogP contribution < -0.4 is 4.90 Å². The number of fused-ring (bicyclic) bond motifs is 1. The molecule has 0 saturated carbocycles. The lowest BCUT2D eigenvalue weighted by molar-refractivity contribution is 0.0697. The molecule has 0 spiro atoms. The van der Waals surface area contributed by atoms with Crippen LogP contribution in [-0.4, -0.2) is 22.6 Å². The second-order valence-corrected chi connectivity index (χ2v) is 4.59. The molecule has 4 nitrogen and oxygen atoms in total. The normalized spacial score (nSPS) is 14.0. The lowest BCUT2D eigenvalue weighted by atomic mass is 10.0. The van der Waals surface area contributed by atoms with Gasteiger partial charge in [-0.25, -0.2) is 9.78 Å². The maximum Gasteiger partial charge on any atom is 0.335 e. The molecular weight excluding hydrogens is 240 g/mol. The number of benzene rings is 1. The third-order valence-electron chi connectivity index (χ3n) is 3.38. The lowest BCUT2D eigenvalue weighted by Gasteiger charge is -2.30. The fraction of sp³-hybridized carbons (Fsp3) is 0.200. The quantitative estimate of drug-likeness (QED) is 0.895. The molecule has 4 heteroatoms. The summed E-state index contributed by atoms with van der Waals surface area (Å²) in [4.78, 5) is 17.4. The molecular formula is C15H14N2O2. The average Bonchev–Trinajstić information content (AvgIpc) is 2.47. The predicted molar refractivity (Wildman–Crippen MR) is 73.0 cm³/mol. The van der Waals surface area contributed by atoms with Crippen LogP contribution in [0.1, 0.15) is 22.3 Å². The first kappa shape index (κ1) is 11.7. The molecule has 3 rings (SSSR count). The molecule has 0 radical (unpaired) electrons. The first-order valence-corrected chi connectivity index (χ1v) is 6.30. The van der Waals surface area contributed by atoms with Crippen LogP contribution in [0.4, 0.5) is 11.5 Å². The topological polar surface area (TPSA) is 53.4 Å². The molecule has 19 heavy (non-hydrogen) atoms. The minimum absolute atomic E-state index is 0.271. The van der Waals surface area contributed by atoms with Gasteiger partial charge < -0.3 is 10.0 Å². The minimum Gasteiger partial charge on any atom is -0.478 e. The Morgan fingerprint density at radius 3 is 2.95 bits per heavy atom. The summed E-state index contributed by atoms with van der Waals surface area (Å²) in [5.74, 6) is -0.221. The largest absolute Gasteiger partial charge is 0.478 e. The van der Waals surface area contributed by atoms with Crippen molar-refractivity contribution in [1.82, 2.24) is 4.98 Å². The van der Waals surface area contributed by atoms with Gasteiger partial charge in [0.05, 0.1) is 5.56 Å². The molecule has 1 N–H and O–H groups in total. The van der Waals surface area contributed by atoms with E-state index in [2.05, 4.69) is 22.0 Å². The molecule has 2 heterocycles. The second-order valence-electron chi connectivity index (χ2n) is 4.59. The zero-order chi connectivity index (χ0) is 13.2. The fourth-order valence-corrected chi connectivity index (χ4v) is 2.47. The van der Waals surface area contributed by atoms with Gasteiger partial charge in [-0.1, -0.05) is 18.2 Å². The number of nitrogens with zero attached hydrogens (tertiary/aromatic N) is 2. The van der Waals surface area contributed by atoms with E-state index in [-0.39, 0.29) is 5.56 Å². The number of aromatic carboxylic acids is 1. The molecule has 0 bridgehead atoms.